The number of carbonyl (C=O) groups excluding carboxylic acids is 2. The number of likely N-dealkylation sites (N-methyl/N-ethyl adjacent to an activating group) is 1. The molecule has 134 valence electrons. The van der Waals surface area contributed by atoms with Crippen LogP contribution in [-0.4, -0.2) is 41.8 Å². The van der Waals surface area contributed by atoms with E-state index in [1.807, 2.05) is 0 Å². The first kappa shape index (κ1) is 17.4. The van der Waals surface area contributed by atoms with Gasteiger partial charge in [0.1, 0.15) is 12.4 Å². The minimum Gasteiger partial charge on any atom is -0.491 e. The molecule has 0 atom stereocenters. The number of hydrogen-bond acceptors (Lipinski definition) is 5. The molecule has 0 radical (unpaired) electrons. The fourth-order valence-corrected chi connectivity index (χ4v) is 2.63. The van der Waals surface area contributed by atoms with Crippen LogP contribution in [0.15, 0.2) is 42.5 Å². The second-order valence-electron chi connectivity index (χ2n) is 5.93. The maximum absolute atomic E-state index is 12.3. The Morgan fingerprint density at radius 2 is 2.00 bits per heavy atom. The minimum absolute atomic E-state index is 0.0254. The zero-order valence-corrected chi connectivity index (χ0v) is 14.1. The molecular formula is C18H17N3O5. The molecule has 1 aliphatic rings. The topological polar surface area (TPSA) is 102 Å². The van der Waals surface area contributed by atoms with Crippen LogP contribution in [0, 0.1) is 10.1 Å². The van der Waals surface area contributed by atoms with Crippen molar-refractivity contribution in [2.45, 2.75) is 6.42 Å². The third kappa shape index (κ3) is 3.80. The fourth-order valence-electron chi connectivity index (χ4n) is 2.63. The Labute approximate surface area is 149 Å². The number of anilines is 1. The summed E-state index contributed by atoms with van der Waals surface area (Å²) in [6.45, 7) is 0.913. The molecule has 2 amide bonds. The van der Waals surface area contributed by atoms with Crippen molar-refractivity contribution in [3.05, 3.63) is 63.7 Å². The lowest BCUT2D eigenvalue weighted by Crippen LogP contribution is -2.27. The van der Waals surface area contributed by atoms with E-state index in [-0.39, 0.29) is 23.9 Å². The van der Waals surface area contributed by atoms with Gasteiger partial charge in [-0.05, 0) is 23.8 Å². The molecule has 0 aliphatic carbocycles. The van der Waals surface area contributed by atoms with E-state index in [2.05, 4.69) is 5.32 Å². The summed E-state index contributed by atoms with van der Waals surface area (Å²) in [4.78, 5) is 36.3. The lowest BCUT2D eigenvalue weighted by atomic mass is 10.1. The first-order valence-electron chi connectivity index (χ1n) is 7.99. The van der Waals surface area contributed by atoms with Gasteiger partial charge in [-0.15, -0.1) is 0 Å². The van der Waals surface area contributed by atoms with Crippen LogP contribution in [0.2, 0.25) is 0 Å². The van der Waals surface area contributed by atoms with E-state index in [0.29, 0.717) is 35.7 Å². The Bertz CT molecular complexity index is 864. The molecule has 2 aromatic rings. The third-order valence-electron chi connectivity index (χ3n) is 4.04. The van der Waals surface area contributed by atoms with Gasteiger partial charge in [0.2, 0.25) is 5.91 Å². The summed E-state index contributed by atoms with van der Waals surface area (Å²) in [6.07, 6.45) is 0.0689. The SMILES string of the molecule is CN1CCOc2ccc(NC(=O)Cc3ccc([N+](=O)[O-])cc3)cc2C1=O. The highest BCUT2D eigenvalue weighted by Gasteiger charge is 2.21. The molecule has 8 heteroatoms. The molecule has 2 aromatic carbocycles. The molecule has 0 unspecified atom stereocenters. The average molecular weight is 355 g/mol. The van der Waals surface area contributed by atoms with E-state index in [1.165, 1.54) is 12.1 Å². The summed E-state index contributed by atoms with van der Waals surface area (Å²) in [5.74, 6) is 0.0471. The number of ether oxygens (including phenoxy) is 1. The van der Waals surface area contributed by atoms with Gasteiger partial charge >= 0.3 is 0 Å². The summed E-state index contributed by atoms with van der Waals surface area (Å²) >= 11 is 0. The molecule has 0 saturated carbocycles. The Hall–Kier alpha value is -3.42. The van der Waals surface area contributed by atoms with Gasteiger partial charge < -0.3 is 15.0 Å². The molecule has 0 saturated heterocycles. The number of hydrogen-bond donors (Lipinski definition) is 1. The molecule has 0 aromatic heterocycles. The second kappa shape index (κ2) is 7.22. The van der Waals surface area contributed by atoms with Crippen molar-refractivity contribution in [2.24, 2.45) is 0 Å². The lowest BCUT2D eigenvalue weighted by molar-refractivity contribution is -0.384. The largest absolute Gasteiger partial charge is 0.491 e. The highest BCUT2D eigenvalue weighted by atomic mass is 16.6. The van der Waals surface area contributed by atoms with Crippen LogP contribution < -0.4 is 10.1 Å². The minimum atomic E-state index is -0.490. The predicted octanol–water partition coefficient (Wildman–Crippen LogP) is 2.24. The van der Waals surface area contributed by atoms with Gasteiger partial charge in [0.15, 0.2) is 0 Å². The number of nitrogens with zero attached hydrogens (tertiary/aromatic N) is 2. The van der Waals surface area contributed by atoms with Gasteiger partial charge in [-0.1, -0.05) is 12.1 Å². The molecule has 1 heterocycles. The van der Waals surface area contributed by atoms with Crippen molar-refractivity contribution in [3.8, 4) is 5.75 Å². The smallest absolute Gasteiger partial charge is 0.269 e. The van der Waals surface area contributed by atoms with Gasteiger partial charge in [-0.2, -0.15) is 0 Å². The summed E-state index contributed by atoms with van der Waals surface area (Å²) in [5.41, 5.74) is 1.52. The maximum Gasteiger partial charge on any atom is 0.269 e. The molecule has 1 aliphatic heterocycles. The number of nitrogens with one attached hydrogen (secondary N) is 1. The number of fused-ring (bicyclic) bond motifs is 1. The number of amides is 2. The zero-order chi connectivity index (χ0) is 18.7. The Balaban J connectivity index is 1.70. The number of carbonyl (C=O) groups is 2. The summed E-state index contributed by atoms with van der Waals surface area (Å²) < 4.78 is 5.55. The standard InChI is InChI=1S/C18H17N3O5/c1-20-8-9-26-16-7-4-13(11-15(16)18(20)23)19-17(22)10-12-2-5-14(6-3-12)21(24)25/h2-7,11H,8-10H2,1H3,(H,19,22). The zero-order valence-electron chi connectivity index (χ0n) is 14.1. The highest BCUT2D eigenvalue weighted by molar-refractivity contribution is 6.00. The molecular weight excluding hydrogens is 338 g/mol. The molecule has 0 bridgehead atoms. The van der Waals surface area contributed by atoms with Crippen LogP contribution in [0.5, 0.6) is 5.75 Å². The third-order valence-corrected chi connectivity index (χ3v) is 4.04. The van der Waals surface area contributed by atoms with Crippen LogP contribution in [0.4, 0.5) is 11.4 Å². The van der Waals surface area contributed by atoms with Gasteiger partial charge in [-0.25, -0.2) is 0 Å². The van der Waals surface area contributed by atoms with Gasteiger partial charge in [0, 0.05) is 24.9 Å². The van der Waals surface area contributed by atoms with Gasteiger partial charge in [-0.3, -0.25) is 19.7 Å². The second-order valence-corrected chi connectivity index (χ2v) is 5.93. The first-order valence-corrected chi connectivity index (χ1v) is 7.99. The Kier molecular flexibility index (Phi) is 4.83. The quantitative estimate of drug-likeness (QED) is 0.669. The van der Waals surface area contributed by atoms with E-state index in [4.69, 9.17) is 4.74 Å². The summed E-state index contributed by atoms with van der Waals surface area (Å²) in [7, 11) is 1.70. The average Bonchev–Trinajstić information content (AvgIpc) is 2.75. The van der Waals surface area contributed by atoms with Gasteiger partial charge in [0.05, 0.1) is 23.5 Å². The molecule has 3 rings (SSSR count). The predicted molar refractivity (Wildman–Crippen MR) is 94.3 cm³/mol. The number of rotatable bonds is 4. The van der Waals surface area contributed by atoms with E-state index in [9.17, 15) is 19.7 Å². The van der Waals surface area contributed by atoms with Crippen molar-refractivity contribution in [1.29, 1.82) is 0 Å². The molecule has 0 spiro atoms. The molecule has 8 nitrogen and oxygen atoms in total. The number of nitro benzene ring substituents is 1. The number of non-ortho nitro benzene ring substituents is 1. The molecule has 1 N–H and O–H groups in total. The summed E-state index contributed by atoms with van der Waals surface area (Å²) in [6, 6.07) is 10.7. The van der Waals surface area contributed by atoms with Crippen molar-refractivity contribution >= 4 is 23.2 Å². The van der Waals surface area contributed by atoms with Crippen LogP contribution in [0.25, 0.3) is 0 Å². The Morgan fingerprint density at radius 1 is 1.27 bits per heavy atom. The monoisotopic (exact) mass is 355 g/mol. The summed E-state index contributed by atoms with van der Waals surface area (Å²) in [5, 5.41) is 13.4. The van der Waals surface area contributed by atoms with Crippen LogP contribution in [0.3, 0.4) is 0 Å². The van der Waals surface area contributed by atoms with Crippen molar-refractivity contribution < 1.29 is 19.2 Å². The Morgan fingerprint density at radius 3 is 2.69 bits per heavy atom. The van der Waals surface area contributed by atoms with Gasteiger partial charge in [0.25, 0.3) is 11.6 Å². The van der Waals surface area contributed by atoms with Crippen molar-refractivity contribution in [2.75, 3.05) is 25.5 Å². The fraction of sp³-hybridized carbons (Fsp3) is 0.222. The lowest BCUT2D eigenvalue weighted by Gasteiger charge is -2.13. The molecule has 0 fully saturated rings. The molecule has 26 heavy (non-hydrogen) atoms. The van der Waals surface area contributed by atoms with E-state index < -0.39 is 4.92 Å². The maximum atomic E-state index is 12.3. The highest BCUT2D eigenvalue weighted by Crippen LogP contribution is 2.26. The first-order chi connectivity index (χ1) is 12.4. The van der Waals surface area contributed by atoms with Crippen molar-refractivity contribution in [3.63, 3.8) is 0 Å². The van der Waals surface area contributed by atoms with Crippen molar-refractivity contribution in [1.82, 2.24) is 4.90 Å². The van der Waals surface area contributed by atoms with Crippen LogP contribution in [0.1, 0.15) is 15.9 Å². The number of nitro groups is 1. The van der Waals surface area contributed by atoms with Crippen LogP contribution in [-0.2, 0) is 11.2 Å². The normalized spacial score (nSPS) is 13.4. The van der Waals surface area contributed by atoms with E-state index >= 15 is 0 Å². The van der Waals surface area contributed by atoms with E-state index in [0.717, 1.165) is 0 Å². The number of benzene rings is 2. The van der Waals surface area contributed by atoms with Crippen LogP contribution >= 0.6 is 0 Å². The van der Waals surface area contributed by atoms with E-state index in [1.54, 1.807) is 42.3 Å².